The standard InChI is InChI=1S/C14H20F2N2/c1-14(2)5-3-9(4-6-14)18-13-8-11(16)10(15)7-12(13)17/h7-9,18H,3-6,17H2,1-2H3. The quantitative estimate of drug-likeness (QED) is 0.785. The van der Waals surface area contributed by atoms with E-state index in [4.69, 9.17) is 5.73 Å². The van der Waals surface area contributed by atoms with E-state index < -0.39 is 11.6 Å². The third-order valence-corrected chi connectivity index (χ3v) is 3.79. The Balaban J connectivity index is 2.04. The highest BCUT2D eigenvalue weighted by atomic mass is 19.2. The molecule has 0 unspecified atom stereocenters. The molecule has 1 aliphatic carbocycles. The van der Waals surface area contributed by atoms with Crippen LogP contribution in [0.3, 0.4) is 0 Å². The molecule has 1 saturated carbocycles. The lowest BCUT2D eigenvalue weighted by Gasteiger charge is -2.35. The summed E-state index contributed by atoms with van der Waals surface area (Å²) in [5.74, 6) is -1.76. The van der Waals surface area contributed by atoms with Gasteiger partial charge in [0.2, 0.25) is 0 Å². The maximum atomic E-state index is 13.2. The van der Waals surface area contributed by atoms with Crippen LogP contribution in [0.15, 0.2) is 12.1 Å². The molecule has 0 bridgehead atoms. The minimum absolute atomic E-state index is 0.263. The Bertz CT molecular complexity index is 434. The molecule has 2 rings (SSSR count). The van der Waals surface area contributed by atoms with E-state index in [2.05, 4.69) is 19.2 Å². The van der Waals surface area contributed by atoms with Crippen molar-refractivity contribution in [2.75, 3.05) is 11.1 Å². The number of anilines is 2. The van der Waals surface area contributed by atoms with Gasteiger partial charge < -0.3 is 11.1 Å². The fourth-order valence-electron chi connectivity index (χ4n) is 2.45. The van der Waals surface area contributed by atoms with Crippen molar-refractivity contribution < 1.29 is 8.78 Å². The van der Waals surface area contributed by atoms with Gasteiger partial charge in [0.05, 0.1) is 11.4 Å². The van der Waals surface area contributed by atoms with Crippen LogP contribution in [0.2, 0.25) is 0 Å². The maximum absolute atomic E-state index is 13.2. The molecule has 0 aromatic heterocycles. The Morgan fingerprint density at radius 3 is 2.33 bits per heavy atom. The number of nitrogens with two attached hydrogens (primary N) is 1. The number of halogens is 2. The summed E-state index contributed by atoms with van der Waals surface area (Å²) in [5.41, 5.74) is 6.84. The smallest absolute Gasteiger partial charge is 0.161 e. The van der Waals surface area contributed by atoms with Gasteiger partial charge in [-0.1, -0.05) is 13.8 Å². The largest absolute Gasteiger partial charge is 0.397 e. The molecular formula is C14H20F2N2. The minimum atomic E-state index is -0.900. The number of hydrogen-bond acceptors (Lipinski definition) is 2. The molecule has 0 spiro atoms. The third-order valence-electron chi connectivity index (χ3n) is 3.79. The topological polar surface area (TPSA) is 38.0 Å². The van der Waals surface area contributed by atoms with E-state index in [0.717, 1.165) is 37.8 Å². The predicted molar refractivity (Wildman–Crippen MR) is 70.4 cm³/mol. The van der Waals surface area contributed by atoms with E-state index in [1.165, 1.54) is 0 Å². The molecule has 1 fully saturated rings. The first-order valence-electron chi connectivity index (χ1n) is 6.38. The molecule has 1 aliphatic rings. The Labute approximate surface area is 107 Å². The van der Waals surface area contributed by atoms with Crippen molar-refractivity contribution >= 4 is 11.4 Å². The first kappa shape index (κ1) is 13.1. The lowest BCUT2D eigenvalue weighted by Crippen LogP contribution is -2.30. The summed E-state index contributed by atoms with van der Waals surface area (Å²) in [5, 5.41) is 3.22. The van der Waals surface area contributed by atoms with Crippen molar-refractivity contribution in [3.8, 4) is 0 Å². The average Bonchev–Trinajstić information content (AvgIpc) is 2.28. The number of rotatable bonds is 2. The lowest BCUT2D eigenvalue weighted by atomic mass is 9.75. The van der Waals surface area contributed by atoms with Crippen LogP contribution < -0.4 is 11.1 Å². The summed E-state index contributed by atoms with van der Waals surface area (Å²) in [4.78, 5) is 0. The first-order valence-corrected chi connectivity index (χ1v) is 6.38. The van der Waals surface area contributed by atoms with Gasteiger partial charge in [0, 0.05) is 18.2 Å². The number of nitrogens with one attached hydrogen (secondary N) is 1. The second-order valence-corrected chi connectivity index (χ2v) is 5.94. The average molecular weight is 254 g/mol. The van der Waals surface area contributed by atoms with Crippen LogP contribution in [-0.2, 0) is 0 Å². The molecule has 1 aromatic rings. The number of benzene rings is 1. The molecule has 2 nitrogen and oxygen atoms in total. The van der Waals surface area contributed by atoms with Crippen LogP contribution in [0.1, 0.15) is 39.5 Å². The third kappa shape index (κ3) is 2.92. The van der Waals surface area contributed by atoms with E-state index in [1.54, 1.807) is 0 Å². The van der Waals surface area contributed by atoms with Gasteiger partial charge in [-0.2, -0.15) is 0 Å². The SMILES string of the molecule is CC1(C)CCC(Nc2cc(F)c(F)cc2N)CC1. The zero-order valence-electron chi connectivity index (χ0n) is 10.9. The van der Waals surface area contributed by atoms with Gasteiger partial charge in [0.25, 0.3) is 0 Å². The molecule has 4 heteroatoms. The Hall–Kier alpha value is -1.32. The molecule has 0 radical (unpaired) electrons. The highest BCUT2D eigenvalue weighted by molar-refractivity contribution is 5.66. The van der Waals surface area contributed by atoms with Crippen molar-refractivity contribution in [1.29, 1.82) is 0 Å². The second kappa shape index (κ2) is 4.75. The molecule has 0 saturated heterocycles. The zero-order valence-corrected chi connectivity index (χ0v) is 10.9. The van der Waals surface area contributed by atoms with Crippen molar-refractivity contribution in [2.24, 2.45) is 5.41 Å². The second-order valence-electron chi connectivity index (χ2n) is 5.94. The van der Waals surface area contributed by atoms with Crippen LogP contribution in [0.4, 0.5) is 20.2 Å². The van der Waals surface area contributed by atoms with Gasteiger partial charge >= 0.3 is 0 Å². The van der Waals surface area contributed by atoms with Crippen LogP contribution in [0.5, 0.6) is 0 Å². The molecule has 0 amide bonds. The molecule has 0 aliphatic heterocycles. The highest BCUT2D eigenvalue weighted by Crippen LogP contribution is 2.36. The lowest BCUT2D eigenvalue weighted by molar-refractivity contribution is 0.232. The Kier molecular flexibility index (Phi) is 3.46. The number of nitrogen functional groups attached to an aromatic ring is 1. The van der Waals surface area contributed by atoms with Crippen LogP contribution in [-0.4, -0.2) is 6.04 Å². The molecule has 1 aromatic carbocycles. The molecule has 0 heterocycles. The van der Waals surface area contributed by atoms with E-state index in [-0.39, 0.29) is 5.69 Å². The summed E-state index contributed by atoms with van der Waals surface area (Å²) in [7, 11) is 0. The van der Waals surface area contributed by atoms with Crippen molar-refractivity contribution in [2.45, 2.75) is 45.6 Å². The Morgan fingerprint density at radius 1 is 1.17 bits per heavy atom. The van der Waals surface area contributed by atoms with E-state index in [9.17, 15) is 8.78 Å². The summed E-state index contributed by atoms with van der Waals surface area (Å²) < 4.78 is 26.1. The summed E-state index contributed by atoms with van der Waals surface area (Å²) >= 11 is 0. The van der Waals surface area contributed by atoms with Crippen LogP contribution in [0, 0.1) is 17.0 Å². The van der Waals surface area contributed by atoms with Crippen molar-refractivity contribution in [3.05, 3.63) is 23.8 Å². The van der Waals surface area contributed by atoms with Gasteiger partial charge in [-0.3, -0.25) is 0 Å². The molecular weight excluding hydrogens is 234 g/mol. The number of hydrogen-bond donors (Lipinski definition) is 2. The van der Waals surface area contributed by atoms with Crippen molar-refractivity contribution in [3.63, 3.8) is 0 Å². The van der Waals surface area contributed by atoms with E-state index in [1.807, 2.05) is 0 Å². The normalized spacial score (nSPS) is 19.8. The van der Waals surface area contributed by atoms with Crippen LogP contribution in [0.25, 0.3) is 0 Å². The van der Waals surface area contributed by atoms with Crippen LogP contribution >= 0.6 is 0 Å². The monoisotopic (exact) mass is 254 g/mol. The molecule has 0 atom stereocenters. The van der Waals surface area contributed by atoms with Gasteiger partial charge in [-0.15, -0.1) is 0 Å². The first-order chi connectivity index (χ1) is 8.37. The van der Waals surface area contributed by atoms with Gasteiger partial charge in [0.15, 0.2) is 11.6 Å². The van der Waals surface area contributed by atoms with Crippen molar-refractivity contribution in [1.82, 2.24) is 0 Å². The fraction of sp³-hybridized carbons (Fsp3) is 0.571. The summed E-state index contributed by atoms with van der Waals surface area (Å²) in [6.45, 7) is 4.52. The Morgan fingerprint density at radius 2 is 1.72 bits per heavy atom. The fourth-order valence-corrected chi connectivity index (χ4v) is 2.45. The zero-order chi connectivity index (χ0) is 13.3. The molecule has 100 valence electrons. The van der Waals surface area contributed by atoms with Gasteiger partial charge in [-0.25, -0.2) is 8.78 Å². The predicted octanol–water partition coefficient (Wildman–Crippen LogP) is 3.93. The minimum Gasteiger partial charge on any atom is -0.397 e. The molecule has 18 heavy (non-hydrogen) atoms. The summed E-state index contributed by atoms with van der Waals surface area (Å²) in [6.07, 6.45) is 4.33. The highest BCUT2D eigenvalue weighted by Gasteiger charge is 2.27. The maximum Gasteiger partial charge on any atom is 0.161 e. The molecule has 3 N–H and O–H groups in total. The van der Waals surface area contributed by atoms with E-state index in [0.29, 0.717) is 17.1 Å². The van der Waals surface area contributed by atoms with E-state index >= 15 is 0 Å². The van der Waals surface area contributed by atoms with Gasteiger partial charge in [0.1, 0.15) is 0 Å². The summed E-state index contributed by atoms with van der Waals surface area (Å²) in [6, 6.07) is 2.47. The van der Waals surface area contributed by atoms with Gasteiger partial charge in [-0.05, 0) is 31.1 Å².